The molecule has 0 aliphatic carbocycles. The van der Waals surface area contributed by atoms with Crippen molar-refractivity contribution in [1.82, 2.24) is 14.3 Å². The van der Waals surface area contributed by atoms with Gasteiger partial charge in [-0.25, -0.2) is 18.4 Å². The van der Waals surface area contributed by atoms with Crippen LogP contribution in [0.25, 0.3) is 0 Å². The van der Waals surface area contributed by atoms with Gasteiger partial charge in [0.1, 0.15) is 5.75 Å². The topological polar surface area (TPSA) is 75.6 Å². The van der Waals surface area contributed by atoms with E-state index in [4.69, 9.17) is 9.72 Å². The summed E-state index contributed by atoms with van der Waals surface area (Å²) in [5.41, 5.74) is 1.86. The molecule has 1 fully saturated rings. The molecule has 3 heterocycles. The van der Waals surface area contributed by atoms with Crippen LogP contribution in [0, 0.1) is 0 Å². The molecule has 2 aliphatic rings. The fraction of sp³-hybridized carbons (Fsp3) is 0.500. The van der Waals surface area contributed by atoms with Gasteiger partial charge in [0.25, 0.3) is 0 Å². The van der Waals surface area contributed by atoms with Crippen molar-refractivity contribution in [1.29, 1.82) is 0 Å². The van der Waals surface area contributed by atoms with E-state index < -0.39 is 10.0 Å². The molecule has 0 saturated carbocycles. The summed E-state index contributed by atoms with van der Waals surface area (Å²) in [6, 6.07) is 6.60. The average molecular weight is 403 g/mol. The Balaban J connectivity index is 1.51. The molecule has 0 radical (unpaired) electrons. The summed E-state index contributed by atoms with van der Waals surface area (Å²) in [6.07, 6.45) is 6.02. The van der Waals surface area contributed by atoms with E-state index >= 15 is 0 Å². The molecule has 28 heavy (non-hydrogen) atoms. The quantitative estimate of drug-likeness (QED) is 0.765. The maximum Gasteiger partial charge on any atom is 0.243 e. The molecule has 0 bridgehead atoms. The zero-order valence-electron chi connectivity index (χ0n) is 16.2. The SMILES string of the molecule is CCOc1ccc(S(=O)(=O)N2CCc3nc(N4CCCCC4)ncc3C2)cc1. The molecule has 2 aliphatic heterocycles. The monoisotopic (exact) mass is 402 g/mol. The zero-order chi connectivity index (χ0) is 19.6. The van der Waals surface area contributed by atoms with Gasteiger partial charge in [-0.05, 0) is 50.5 Å². The number of hydrogen-bond acceptors (Lipinski definition) is 6. The largest absolute Gasteiger partial charge is 0.494 e. The number of aromatic nitrogens is 2. The number of hydrogen-bond donors (Lipinski definition) is 0. The van der Waals surface area contributed by atoms with Crippen LogP contribution >= 0.6 is 0 Å². The maximum atomic E-state index is 13.0. The summed E-state index contributed by atoms with van der Waals surface area (Å²) in [4.78, 5) is 11.8. The van der Waals surface area contributed by atoms with E-state index in [9.17, 15) is 8.42 Å². The Kier molecular flexibility index (Phi) is 5.50. The number of rotatable bonds is 5. The number of anilines is 1. The molecule has 4 rings (SSSR count). The van der Waals surface area contributed by atoms with Gasteiger partial charge < -0.3 is 9.64 Å². The Bertz CT molecular complexity index is 925. The van der Waals surface area contributed by atoms with Crippen LogP contribution in [-0.2, 0) is 23.0 Å². The van der Waals surface area contributed by atoms with Crippen molar-refractivity contribution in [2.24, 2.45) is 0 Å². The van der Waals surface area contributed by atoms with Crippen molar-refractivity contribution in [3.63, 3.8) is 0 Å². The summed E-state index contributed by atoms with van der Waals surface area (Å²) in [6.45, 7) is 5.18. The van der Waals surface area contributed by atoms with E-state index in [-0.39, 0.29) is 4.90 Å². The molecule has 150 valence electrons. The number of ether oxygens (including phenoxy) is 1. The van der Waals surface area contributed by atoms with Crippen LogP contribution in [0.15, 0.2) is 35.4 Å². The minimum absolute atomic E-state index is 0.283. The first-order chi connectivity index (χ1) is 13.6. The molecule has 0 unspecified atom stereocenters. The Morgan fingerprint density at radius 1 is 1.07 bits per heavy atom. The summed E-state index contributed by atoms with van der Waals surface area (Å²) < 4.78 is 32.9. The van der Waals surface area contributed by atoms with Crippen LogP contribution in [0.3, 0.4) is 0 Å². The number of piperidine rings is 1. The zero-order valence-corrected chi connectivity index (χ0v) is 17.0. The highest BCUT2D eigenvalue weighted by Crippen LogP contribution is 2.26. The van der Waals surface area contributed by atoms with E-state index in [0.29, 0.717) is 31.9 Å². The van der Waals surface area contributed by atoms with Gasteiger partial charge in [0.15, 0.2) is 0 Å². The third-order valence-corrected chi connectivity index (χ3v) is 7.16. The summed E-state index contributed by atoms with van der Waals surface area (Å²) in [5, 5.41) is 0. The molecule has 1 aromatic carbocycles. The molecule has 8 heteroatoms. The fourth-order valence-electron chi connectivity index (χ4n) is 3.75. The van der Waals surface area contributed by atoms with E-state index in [1.54, 1.807) is 30.5 Å². The Morgan fingerprint density at radius 2 is 1.82 bits per heavy atom. The maximum absolute atomic E-state index is 13.0. The van der Waals surface area contributed by atoms with Crippen molar-refractivity contribution < 1.29 is 13.2 Å². The minimum atomic E-state index is -3.56. The molecular weight excluding hydrogens is 376 g/mol. The lowest BCUT2D eigenvalue weighted by molar-refractivity contribution is 0.340. The first-order valence-corrected chi connectivity index (χ1v) is 11.3. The first-order valence-electron chi connectivity index (χ1n) is 9.90. The van der Waals surface area contributed by atoms with Crippen LogP contribution in [0.5, 0.6) is 5.75 Å². The predicted molar refractivity (Wildman–Crippen MR) is 107 cm³/mol. The van der Waals surface area contributed by atoms with Crippen LogP contribution in [0.1, 0.15) is 37.4 Å². The van der Waals surface area contributed by atoms with Gasteiger partial charge in [0, 0.05) is 44.4 Å². The molecule has 0 amide bonds. The standard InChI is InChI=1S/C20H26N4O3S/c1-2-27-17-6-8-18(9-7-17)28(25,26)24-13-10-19-16(15-24)14-21-20(22-19)23-11-4-3-5-12-23/h6-9,14H,2-5,10-13,15H2,1H3. The van der Waals surface area contributed by atoms with Gasteiger partial charge in [0.2, 0.25) is 16.0 Å². The van der Waals surface area contributed by atoms with Gasteiger partial charge in [-0.1, -0.05) is 0 Å². The van der Waals surface area contributed by atoms with Gasteiger partial charge in [-0.15, -0.1) is 0 Å². The van der Waals surface area contributed by atoms with Crippen LogP contribution in [0.4, 0.5) is 5.95 Å². The van der Waals surface area contributed by atoms with Crippen molar-refractivity contribution in [3.8, 4) is 5.75 Å². The second kappa shape index (κ2) is 8.05. The van der Waals surface area contributed by atoms with Crippen LogP contribution in [-0.4, -0.2) is 48.9 Å². The predicted octanol–water partition coefficient (Wildman–Crippen LogP) is 2.61. The molecule has 2 aromatic rings. The lowest BCUT2D eigenvalue weighted by atomic mass is 10.1. The molecule has 0 atom stereocenters. The van der Waals surface area contributed by atoms with E-state index in [1.807, 2.05) is 6.92 Å². The highest BCUT2D eigenvalue weighted by atomic mass is 32.2. The minimum Gasteiger partial charge on any atom is -0.494 e. The van der Waals surface area contributed by atoms with E-state index in [0.717, 1.165) is 30.3 Å². The first kappa shape index (κ1) is 19.1. The van der Waals surface area contributed by atoms with Gasteiger partial charge in [-0.3, -0.25) is 0 Å². The van der Waals surface area contributed by atoms with Crippen molar-refractivity contribution >= 4 is 16.0 Å². The lowest BCUT2D eigenvalue weighted by Crippen LogP contribution is -2.37. The summed E-state index contributed by atoms with van der Waals surface area (Å²) >= 11 is 0. The van der Waals surface area contributed by atoms with Crippen molar-refractivity contribution in [2.45, 2.75) is 44.0 Å². The number of sulfonamides is 1. The number of benzene rings is 1. The molecule has 7 nitrogen and oxygen atoms in total. The smallest absolute Gasteiger partial charge is 0.243 e. The van der Waals surface area contributed by atoms with Crippen LogP contribution < -0.4 is 9.64 Å². The normalized spacial score (nSPS) is 18.0. The molecule has 0 spiro atoms. The van der Waals surface area contributed by atoms with Gasteiger partial charge in [0.05, 0.1) is 17.2 Å². The third-order valence-electron chi connectivity index (χ3n) is 5.30. The Hall–Kier alpha value is -2.19. The summed E-state index contributed by atoms with van der Waals surface area (Å²) in [5.74, 6) is 1.45. The second-order valence-corrected chi connectivity index (χ2v) is 9.12. The van der Waals surface area contributed by atoms with Crippen LogP contribution in [0.2, 0.25) is 0 Å². The molecule has 1 saturated heterocycles. The second-order valence-electron chi connectivity index (χ2n) is 7.18. The van der Waals surface area contributed by atoms with E-state index in [1.165, 1.54) is 23.6 Å². The van der Waals surface area contributed by atoms with Gasteiger partial charge in [-0.2, -0.15) is 4.31 Å². The number of nitrogens with zero attached hydrogens (tertiary/aromatic N) is 4. The fourth-order valence-corrected chi connectivity index (χ4v) is 5.17. The molecule has 0 N–H and O–H groups in total. The van der Waals surface area contributed by atoms with Crippen molar-refractivity contribution in [2.75, 3.05) is 31.1 Å². The molecular formula is C20H26N4O3S. The number of fused-ring (bicyclic) bond motifs is 1. The third kappa shape index (κ3) is 3.84. The Morgan fingerprint density at radius 3 is 2.54 bits per heavy atom. The van der Waals surface area contributed by atoms with E-state index in [2.05, 4.69) is 9.88 Å². The lowest BCUT2D eigenvalue weighted by Gasteiger charge is -2.30. The highest BCUT2D eigenvalue weighted by Gasteiger charge is 2.29. The Labute approximate surface area is 166 Å². The average Bonchev–Trinajstić information content (AvgIpc) is 2.74. The van der Waals surface area contributed by atoms with Crippen molar-refractivity contribution in [3.05, 3.63) is 41.7 Å². The van der Waals surface area contributed by atoms with Gasteiger partial charge >= 0.3 is 0 Å². The highest BCUT2D eigenvalue weighted by molar-refractivity contribution is 7.89. The molecule has 1 aromatic heterocycles. The summed E-state index contributed by atoms with van der Waals surface area (Å²) in [7, 11) is -3.56.